The van der Waals surface area contributed by atoms with Crippen LogP contribution in [0.5, 0.6) is 0 Å². The molecule has 6 heterocycles. The first kappa shape index (κ1) is 21.3. The normalized spacial score (nSPS) is 42.7. The van der Waals surface area contributed by atoms with Gasteiger partial charge in [-0.15, -0.1) is 0 Å². The van der Waals surface area contributed by atoms with Gasteiger partial charge in [0.2, 0.25) is 0 Å². The van der Waals surface area contributed by atoms with Gasteiger partial charge in [-0.25, -0.2) is 0 Å². The highest BCUT2D eigenvalue weighted by Crippen LogP contribution is 2.38. The van der Waals surface area contributed by atoms with Crippen molar-refractivity contribution in [1.82, 2.24) is 0 Å². The Balaban J connectivity index is 1.26. The minimum absolute atomic E-state index is 1.05. The summed E-state index contributed by atoms with van der Waals surface area (Å²) < 4.78 is 0. The third-order valence-electron chi connectivity index (χ3n) is 8.02. The van der Waals surface area contributed by atoms with Gasteiger partial charge in [0, 0.05) is 0 Å². The van der Waals surface area contributed by atoms with Gasteiger partial charge in [0.25, 0.3) is 0 Å². The van der Waals surface area contributed by atoms with Gasteiger partial charge in [0.15, 0.2) is 0 Å². The monoisotopic (exact) mass is 426 g/mol. The zero-order valence-electron chi connectivity index (χ0n) is 17.4. The maximum atomic E-state index is 2.32. The summed E-state index contributed by atoms with van der Waals surface area (Å²) in [5.74, 6) is 15.1. The summed E-state index contributed by atoms with van der Waals surface area (Å²) in [6.07, 6.45) is 18.4. The fraction of sp³-hybridized carbons (Fsp3) is 1.00. The standard InChI is InChI=1S/C24H42S3/c1-2-20-4-3-19(1)13-25-15-21-5-7-23(8-6-21)17-27-18-24-11-9-22(10-12-24)16-26-14-20/h19-24H,1-18H2/t19-,20+,21-,22-,23+,24+. The quantitative estimate of drug-likeness (QED) is 0.391. The molecule has 156 valence electrons. The van der Waals surface area contributed by atoms with Crippen molar-refractivity contribution < 1.29 is 0 Å². The zero-order valence-corrected chi connectivity index (χ0v) is 19.9. The molecular weight excluding hydrogens is 384 g/mol. The summed E-state index contributed by atoms with van der Waals surface area (Å²) in [5.41, 5.74) is 0. The molecule has 0 atom stereocenters. The van der Waals surface area contributed by atoms with E-state index in [-0.39, 0.29) is 0 Å². The Labute approximate surface area is 181 Å². The molecule has 6 bridgehead atoms. The molecule has 9 fully saturated rings. The van der Waals surface area contributed by atoms with E-state index in [1.165, 1.54) is 112 Å². The Bertz CT molecular complexity index is 304. The van der Waals surface area contributed by atoms with Crippen molar-refractivity contribution in [3.05, 3.63) is 0 Å². The molecule has 0 N–H and O–H groups in total. The maximum Gasteiger partial charge on any atom is -0.00390 e. The van der Waals surface area contributed by atoms with Gasteiger partial charge < -0.3 is 0 Å². The molecule has 3 heteroatoms. The Morgan fingerprint density at radius 1 is 0.259 bits per heavy atom. The van der Waals surface area contributed by atoms with E-state index in [1.807, 2.05) is 0 Å². The SMILES string of the molecule is C1C[C@H]2CC[C@@H]1CSC[C@@H]1CC[C@@H](CC1)CSC[C@@H]1CC[C@@H](CC1)CSC2. The highest BCUT2D eigenvalue weighted by molar-refractivity contribution is 7.99. The molecule has 0 aromatic carbocycles. The third-order valence-corrected chi connectivity index (χ3v) is 12.3. The van der Waals surface area contributed by atoms with Crippen molar-refractivity contribution in [3.8, 4) is 0 Å². The average Bonchev–Trinajstić information content (AvgIpc) is 2.71. The summed E-state index contributed by atoms with van der Waals surface area (Å²) in [6, 6.07) is 0. The first-order valence-electron chi connectivity index (χ1n) is 12.1. The van der Waals surface area contributed by atoms with Crippen molar-refractivity contribution in [2.75, 3.05) is 34.5 Å². The van der Waals surface area contributed by atoms with E-state index in [4.69, 9.17) is 0 Å². The first-order valence-corrected chi connectivity index (χ1v) is 15.5. The maximum absolute atomic E-state index is 2.32. The van der Waals surface area contributed by atoms with Crippen LogP contribution in [0.3, 0.4) is 0 Å². The number of hydrogen-bond donors (Lipinski definition) is 0. The topological polar surface area (TPSA) is 0 Å². The highest BCUT2D eigenvalue weighted by atomic mass is 32.2. The van der Waals surface area contributed by atoms with E-state index in [1.54, 1.807) is 0 Å². The fourth-order valence-electron chi connectivity index (χ4n) is 5.90. The largest absolute Gasteiger partial charge is 0.161 e. The summed E-state index contributed by atoms with van der Waals surface area (Å²) in [6.45, 7) is 0. The van der Waals surface area contributed by atoms with Gasteiger partial charge in [0.1, 0.15) is 0 Å². The molecule has 6 aliphatic heterocycles. The predicted octanol–water partition coefficient (Wildman–Crippen LogP) is 7.62. The van der Waals surface area contributed by atoms with Crippen molar-refractivity contribution in [1.29, 1.82) is 0 Å². The van der Waals surface area contributed by atoms with Crippen LogP contribution in [-0.2, 0) is 0 Å². The van der Waals surface area contributed by atoms with Gasteiger partial charge in [-0.05, 0) is 147 Å². The van der Waals surface area contributed by atoms with Gasteiger partial charge in [-0.3, -0.25) is 0 Å². The molecule has 0 amide bonds. The molecule has 0 aromatic rings. The molecule has 6 saturated heterocycles. The van der Waals surface area contributed by atoms with Crippen molar-refractivity contribution in [2.24, 2.45) is 35.5 Å². The molecule has 3 saturated carbocycles. The minimum atomic E-state index is 1.05. The van der Waals surface area contributed by atoms with E-state index in [9.17, 15) is 0 Å². The Morgan fingerprint density at radius 2 is 0.407 bits per heavy atom. The molecule has 0 spiro atoms. The lowest BCUT2D eigenvalue weighted by molar-refractivity contribution is 0.310. The van der Waals surface area contributed by atoms with Crippen molar-refractivity contribution >= 4 is 35.3 Å². The Morgan fingerprint density at radius 3 is 0.556 bits per heavy atom. The highest BCUT2D eigenvalue weighted by Gasteiger charge is 2.26. The second-order valence-electron chi connectivity index (χ2n) is 10.3. The van der Waals surface area contributed by atoms with Crippen molar-refractivity contribution in [2.45, 2.75) is 77.0 Å². The minimum Gasteiger partial charge on any atom is -0.161 e. The number of hydrogen-bond acceptors (Lipinski definition) is 3. The van der Waals surface area contributed by atoms with Gasteiger partial charge in [-0.2, -0.15) is 35.3 Å². The van der Waals surface area contributed by atoms with E-state index in [0.29, 0.717) is 0 Å². The van der Waals surface area contributed by atoms with Gasteiger partial charge >= 0.3 is 0 Å². The van der Waals surface area contributed by atoms with Crippen LogP contribution in [0.25, 0.3) is 0 Å². The van der Waals surface area contributed by atoms with E-state index < -0.39 is 0 Å². The summed E-state index contributed by atoms with van der Waals surface area (Å²) in [5, 5.41) is 0. The van der Waals surface area contributed by atoms with E-state index in [2.05, 4.69) is 35.3 Å². The van der Waals surface area contributed by atoms with Crippen LogP contribution >= 0.6 is 35.3 Å². The van der Waals surface area contributed by atoms with Gasteiger partial charge in [-0.1, -0.05) is 0 Å². The number of thioether (sulfide) groups is 3. The van der Waals surface area contributed by atoms with E-state index >= 15 is 0 Å². The average molecular weight is 427 g/mol. The molecule has 0 aromatic heterocycles. The summed E-state index contributed by atoms with van der Waals surface area (Å²) >= 11 is 6.96. The molecule has 27 heavy (non-hydrogen) atoms. The lowest BCUT2D eigenvalue weighted by atomic mass is 9.84. The molecule has 9 rings (SSSR count). The van der Waals surface area contributed by atoms with Crippen LogP contribution < -0.4 is 0 Å². The molecule has 0 radical (unpaired) electrons. The van der Waals surface area contributed by atoms with Crippen LogP contribution in [0.1, 0.15) is 77.0 Å². The van der Waals surface area contributed by atoms with Crippen LogP contribution in [-0.4, -0.2) is 34.5 Å². The zero-order chi connectivity index (χ0) is 18.3. The number of rotatable bonds is 0. The van der Waals surface area contributed by atoms with Crippen LogP contribution in [0.2, 0.25) is 0 Å². The second kappa shape index (κ2) is 11.4. The third kappa shape index (κ3) is 7.06. The van der Waals surface area contributed by atoms with Crippen molar-refractivity contribution in [3.63, 3.8) is 0 Å². The van der Waals surface area contributed by atoms with E-state index in [0.717, 1.165) is 35.5 Å². The van der Waals surface area contributed by atoms with Gasteiger partial charge in [0.05, 0.1) is 0 Å². The Hall–Kier alpha value is 1.05. The van der Waals surface area contributed by atoms with Crippen LogP contribution in [0, 0.1) is 35.5 Å². The molecular formula is C24H42S3. The smallest absolute Gasteiger partial charge is 0.00390 e. The Kier molecular flexibility index (Phi) is 9.02. The fourth-order valence-corrected chi connectivity index (χ4v) is 10.3. The summed E-state index contributed by atoms with van der Waals surface area (Å²) in [4.78, 5) is 0. The summed E-state index contributed by atoms with van der Waals surface area (Å²) in [7, 11) is 0. The lowest BCUT2D eigenvalue weighted by Crippen LogP contribution is -2.20. The van der Waals surface area contributed by atoms with Crippen LogP contribution in [0.15, 0.2) is 0 Å². The molecule has 3 aliphatic carbocycles. The molecule has 0 unspecified atom stereocenters. The predicted molar refractivity (Wildman–Crippen MR) is 128 cm³/mol. The van der Waals surface area contributed by atoms with Crippen LogP contribution in [0.4, 0.5) is 0 Å². The lowest BCUT2D eigenvalue weighted by Gasteiger charge is -2.30. The first-order chi connectivity index (χ1) is 13.3. The molecule has 9 aliphatic rings. The second-order valence-corrected chi connectivity index (χ2v) is 13.5. The molecule has 0 nitrogen and oxygen atoms in total.